The van der Waals surface area contributed by atoms with Gasteiger partial charge in [-0.15, -0.1) is 0 Å². The van der Waals surface area contributed by atoms with Crippen LogP contribution < -0.4 is 0 Å². The molecular weight excluding hydrogens is 245 g/mol. The van der Waals surface area contributed by atoms with Crippen molar-refractivity contribution in [3.05, 3.63) is 65.7 Å². The van der Waals surface area contributed by atoms with Crippen LogP contribution in [0.15, 0.2) is 58.8 Å². The molecule has 0 bridgehead atoms. The second-order valence-electron chi connectivity index (χ2n) is 3.95. The molecule has 19 heavy (non-hydrogen) atoms. The van der Waals surface area contributed by atoms with Crippen molar-refractivity contribution in [3.63, 3.8) is 0 Å². The number of urea groups is 1. The third kappa shape index (κ3) is 2.18. The molecule has 2 aromatic rings. The number of benzene rings is 1. The lowest BCUT2D eigenvalue weighted by Gasteiger charge is -2.04. The number of aromatic nitrogens is 1. The smallest absolute Gasteiger partial charge is 0.265 e. The standard InChI is InChI=1S/C14H8FN3O/c15-11-3-1-9(2-4-11)12-13(18-14(19)17-12)10-5-7-16-8-6-10/h1-8H. The predicted molar refractivity (Wildman–Crippen MR) is 69.1 cm³/mol. The monoisotopic (exact) mass is 253 g/mol. The summed E-state index contributed by atoms with van der Waals surface area (Å²) < 4.78 is 12.9. The lowest BCUT2D eigenvalue weighted by atomic mass is 10.0. The van der Waals surface area contributed by atoms with E-state index in [9.17, 15) is 9.18 Å². The van der Waals surface area contributed by atoms with Crippen LogP contribution in [-0.4, -0.2) is 22.4 Å². The highest BCUT2D eigenvalue weighted by Gasteiger charge is 2.22. The molecular formula is C14H8FN3O. The summed E-state index contributed by atoms with van der Waals surface area (Å²) >= 11 is 0. The Kier molecular flexibility index (Phi) is 2.72. The van der Waals surface area contributed by atoms with Crippen LogP contribution in [0.1, 0.15) is 11.1 Å². The van der Waals surface area contributed by atoms with E-state index in [0.29, 0.717) is 17.0 Å². The maximum Gasteiger partial charge on any atom is 0.368 e. The molecule has 3 rings (SSSR count). The predicted octanol–water partition coefficient (Wildman–Crippen LogP) is 2.63. The molecule has 0 atom stereocenters. The first kappa shape index (κ1) is 11.4. The molecule has 1 aromatic heterocycles. The van der Waals surface area contributed by atoms with Crippen molar-refractivity contribution in [2.75, 3.05) is 0 Å². The third-order valence-electron chi connectivity index (χ3n) is 2.71. The Morgan fingerprint density at radius 1 is 0.789 bits per heavy atom. The fourth-order valence-corrected chi connectivity index (χ4v) is 1.84. The normalized spacial score (nSPS) is 14.3. The van der Waals surface area contributed by atoms with Gasteiger partial charge in [-0.1, -0.05) is 0 Å². The number of aliphatic imine (C=N–C) groups is 2. The Hall–Kier alpha value is -2.69. The van der Waals surface area contributed by atoms with Gasteiger partial charge in [-0.25, -0.2) is 9.18 Å². The summed E-state index contributed by atoms with van der Waals surface area (Å²) in [5.74, 6) is -0.337. The molecule has 0 N–H and O–H groups in total. The van der Waals surface area contributed by atoms with Gasteiger partial charge in [-0.05, 0) is 36.4 Å². The van der Waals surface area contributed by atoms with Gasteiger partial charge in [-0.3, -0.25) is 4.98 Å². The lowest BCUT2D eigenvalue weighted by molar-refractivity contribution is 0.257. The largest absolute Gasteiger partial charge is 0.368 e. The zero-order valence-electron chi connectivity index (χ0n) is 9.75. The van der Waals surface area contributed by atoms with Gasteiger partial charge in [0.1, 0.15) is 17.2 Å². The average molecular weight is 253 g/mol. The number of amides is 2. The number of halogens is 1. The van der Waals surface area contributed by atoms with Crippen LogP contribution in [0.5, 0.6) is 0 Å². The van der Waals surface area contributed by atoms with Gasteiger partial charge in [0.15, 0.2) is 0 Å². The number of carbonyl (C=O) groups is 1. The van der Waals surface area contributed by atoms with Gasteiger partial charge < -0.3 is 0 Å². The van der Waals surface area contributed by atoms with E-state index < -0.39 is 6.03 Å². The fourth-order valence-electron chi connectivity index (χ4n) is 1.84. The molecule has 5 heteroatoms. The van der Waals surface area contributed by atoms with Gasteiger partial charge in [0, 0.05) is 23.5 Å². The zero-order chi connectivity index (χ0) is 13.2. The molecule has 1 aromatic carbocycles. The SMILES string of the molecule is O=C1N=C(c2ccncc2)C(c2ccc(F)cc2)=N1. The van der Waals surface area contributed by atoms with Crippen LogP contribution in [0.2, 0.25) is 0 Å². The van der Waals surface area contributed by atoms with Gasteiger partial charge in [-0.2, -0.15) is 9.98 Å². The molecule has 0 saturated heterocycles. The minimum Gasteiger partial charge on any atom is -0.265 e. The number of nitrogens with zero attached hydrogens (tertiary/aromatic N) is 3. The van der Waals surface area contributed by atoms with Crippen molar-refractivity contribution >= 4 is 17.5 Å². The summed E-state index contributed by atoms with van der Waals surface area (Å²) in [5.41, 5.74) is 2.35. The van der Waals surface area contributed by atoms with Gasteiger partial charge >= 0.3 is 6.03 Å². The minimum absolute atomic E-state index is 0.337. The van der Waals surface area contributed by atoms with Gasteiger partial charge in [0.2, 0.25) is 0 Å². The van der Waals surface area contributed by atoms with E-state index in [1.165, 1.54) is 12.1 Å². The summed E-state index contributed by atoms with van der Waals surface area (Å²) in [6, 6.07) is 8.74. The number of rotatable bonds is 2. The van der Waals surface area contributed by atoms with E-state index >= 15 is 0 Å². The zero-order valence-corrected chi connectivity index (χ0v) is 9.75. The van der Waals surface area contributed by atoms with Crippen molar-refractivity contribution in [1.82, 2.24) is 4.98 Å². The summed E-state index contributed by atoms with van der Waals surface area (Å²) in [4.78, 5) is 23.1. The second kappa shape index (κ2) is 4.53. The van der Waals surface area contributed by atoms with Crippen LogP contribution in [0.3, 0.4) is 0 Å². The lowest BCUT2D eigenvalue weighted by Crippen LogP contribution is -2.14. The highest BCUT2D eigenvalue weighted by Crippen LogP contribution is 2.15. The first-order valence-electron chi connectivity index (χ1n) is 5.62. The molecule has 92 valence electrons. The van der Waals surface area contributed by atoms with Crippen LogP contribution in [-0.2, 0) is 0 Å². The third-order valence-corrected chi connectivity index (χ3v) is 2.71. The number of pyridine rings is 1. The molecule has 2 heterocycles. The molecule has 0 aliphatic carbocycles. The number of hydrogen-bond donors (Lipinski definition) is 0. The second-order valence-corrected chi connectivity index (χ2v) is 3.95. The maximum absolute atomic E-state index is 12.9. The van der Waals surface area contributed by atoms with Gasteiger partial charge in [0.05, 0.1) is 0 Å². The molecule has 0 saturated carbocycles. The van der Waals surface area contributed by atoms with E-state index in [-0.39, 0.29) is 5.82 Å². The highest BCUT2D eigenvalue weighted by atomic mass is 19.1. The summed E-state index contributed by atoms with van der Waals surface area (Å²) in [6.07, 6.45) is 3.23. The first-order chi connectivity index (χ1) is 9.24. The van der Waals surface area contributed by atoms with Crippen molar-refractivity contribution < 1.29 is 9.18 Å². The van der Waals surface area contributed by atoms with Crippen molar-refractivity contribution in [1.29, 1.82) is 0 Å². The Labute approximate surface area is 108 Å². The Morgan fingerprint density at radius 3 is 1.89 bits per heavy atom. The first-order valence-corrected chi connectivity index (χ1v) is 5.62. The van der Waals surface area contributed by atoms with E-state index in [1.807, 2.05) is 0 Å². The quantitative estimate of drug-likeness (QED) is 0.826. The Morgan fingerprint density at radius 2 is 1.32 bits per heavy atom. The van der Waals surface area contributed by atoms with E-state index in [4.69, 9.17) is 0 Å². The summed E-state index contributed by atoms with van der Waals surface area (Å²) in [5, 5.41) is 0. The van der Waals surface area contributed by atoms with Crippen molar-refractivity contribution in [2.24, 2.45) is 9.98 Å². The molecule has 0 spiro atoms. The van der Waals surface area contributed by atoms with Crippen molar-refractivity contribution in [2.45, 2.75) is 0 Å². The number of carbonyl (C=O) groups excluding carboxylic acids is 1. The van der Waals surface area contributed by atoms with Crippen LogP contribution in [0.25, 0.3) is 0 Å². The van der Waals surface area contributed by atoms with Crippen LogP contribution in [0.4, 0.5) is 9.18 Å². The molecule has 1 aliphatic rings. The summed E-state index contributed by atoms with van der Waals surface area (Å²) in [7, 11) is 0. The van der Waals surface area contributed by atoms with E-state index in [1.54, 1.807) is 36.7 Å². The number of hydrogen-bond acceptors (Lipinski definition) is 2. The molecule has 1 aliphatic heterocycles. The van der Waals surface area contributed by atoms with Gasteiger partial charge in [0.25, 0.3) is 0 Å². The van der Waals surface area contributed by atoms with Crippen LogP contribution >= 0.6 is 0 Å². The average Bonchev–Trinajstić information content (AvgIpc) is 2.83. The highest BCUT2D eigenvalue weighted by molar-refractivity contribution is 6.57. The molecule has 0 radical (unpaired) electrons. The molecule has 2 amide bonds. The molecule has 0 fully saturated rings. The molecule has 0 unspecified atom stereocenters. The van der Waals surface area contributed by atoms with E-state index in [2.05, 4.69) is 15.0 Å². The minimum atomic E-state index is -0.550. The van der Waals surface area contributed by atoms with Crippen molar-refractivity contribution in [3.8, 4) is 0 Å². The summed E-state index contributed by atoms with van der Waals surface area (Å²) in [6.45, 7) is 0. The van der Waals surface area contributed by atoms with Crippen LogP contribution in [0, 0.1) is 5.82 Å². The Balaban J connectivity index is 2.06. The maximum atomic E-state index is 12.9. The topological polar surface area (TPSA) is 54.7 Å². The Bertz CT molecular complexity index is 690. The fraction of sp³-hybridized carbons (Fsp3) is 0. The molecule has 4 nitrogen and oxygen atoms in total. The van der Waals surface area contributed by atoms with E-state index in [0.717, 1.165) is 5.56 Å².